The Morgan fingerprint density at radius 2 is 1.64 bits per heavy atom. The number of thiazole rings is 1. The lowest BCUT2D eigenvalue weighted by Gasteiger charge is -2.17. The highest BCUT2D eigenvalue weighted by molar-refractivity contribution is 7.89. The molecule has 33 heavy (non-hydrogen) atoms. The predicted octanol–water partition coefficient (Wildman–Crippen LogP) is 5.19. The highest BCUT2D eigenvalue weighted by atomic mass is 32.2. The molecular formula is C25H23N3O3S2. The quantitative estimate of drug-likeness (QED) is 0.397. The summed E-state index contributed by atoms with van der Waals surface area (Å²) in [5.74, 6) is -0.346. The minimum absolute atomic E-state index is 0.133. The Labute approximate surface area is 197 Å². The Bertz CT molecular complexity index is 1350. The number of sulfonamides is 1. The first-order chi connectivity index (χ1) is 15.8. The summed E-state index contributed by atoms with van der Waals surface area (Å²) in [5, 5.41) is 5.15. The van der Waals surface area contributed by atoms with Crippen LogP contribution in [0.5, 0.6) is 0 Å². The molecule has 0 saturated carbocycles. The van der Waals surface area contributed by atoms with Gasteiger partial charge in [0.05, 0.1) is 10.6 Å². The molecule has 0 radical (unpaired) electrons. The van der Waals surface area contributed by atoms with E-state index in [9.17, 15) is 13.2 Å². The number of amides is 1. The molecule has 0 bridgehead atoms. The van der Waals surface area contributed by atoms with Gasteiger partial charge in [-0.3, -0.25) is 10.1 Å². The SMILES string of the molecule is Cc1ccc(-c2csc(NC(=O)c3ccc(S(=O)(=O)N(C)Cc4ccccc4)cc3)n2)cc1. The number of aromatic nitrogens is 1. The van der Waals surface area contributed by atoms with E-state index in [1.807, 2.05) is 66.9 Å². The van der Waals surface area contributed by atoms with Crippen molar-refractivity contribution in [1.29, 1.82) is 0 Å². The average molecular weight is 478 g/mol. The van der Waals surface area contributed by atoms with E-state index >= 15 is 0 Å². The molecule has 4 rings (SSSR count). The van der Waals surface area contributed by atoms with Crippen molar-refractivity contribution >= 4 is 32.4 Å². The highest BCUT2D eigenvalue weighted by Crippen LogP contribution is 2.26. The lowest BCUT2D eigenvalue weighted by atomic mass is 10.1. The molecule has 8 heteroatoms. The van der Waals surface area contributed by atoms with Crippen molar-refractivity contribution in [3.8, 4) is 11.3 Å². The molecular weight excluding hydrogens is 454 g/mol. The minimum atomic E-state index is -3.68. The zero-order valence-corrected chi connectivity index (χ0v) is 19.9. The van der Waals surface area contributed by atoms with Crippen molar-refractivity contribution in [2.75, 3.05) is 12.4 Å². The third-order valence-corrected chi connectivity index (χ3v) is 7.72. The number of carbonyl (C=O) groups excluding carboxylic acids is 1. The molecule has 1 aromatic heterocycles. The number of nitrogens with zero attached hydrogens (tertiary/aromatic N) is 2. The summed E-state index contributed by atoms with van der Waals surface area (Å²) in [6, 6.07) is 23.3. The number of hydrogen-bond acceptors (Lipinski definition) is 5. The number of nitrogens with one attached hydrogen (secondary N) is 1. The van der Waals surface area contributed by atoms with E-state index in [-0.39, 0.29) is 17.3 Å². The van der Waals surface area contributed by atoms with E-state index in [0.29, 0.717) is 10.7 Å². The van der Waals surface area contributed by atoms with Gasteiger partial charge in [0.1, 0.15) is 0 Å². The van der Waals surface area contributed by atoms with Crippen LogP contribution in [0.15, 0.2) is 89.1 Å². The topological polar surface area (TPSA) is 79.4 Å². The van der Waals surface area contributed by atoms with Crippen LogP contribution in [0, 0.1) is 6.92 Å². The van der Waals surface area contributed by atoms with Crippen LogP contribution in [0.2, 0.25) is 0 Å². The van der Waals surface area contributed by atoms with Crippen LogP contribution in [0.4, 0.5) is 5.13 Å². The Morgan fingerprint density at radius 3 is 2.30 bits per heavy atom. The van der Waals surface area contributed by atoms with Crippen LogP contribution < -0.4 is 5.32 Å². The number of aryl methyl sites for hydroxylation is 1. The van der Waals surface area contributed by atoms with E-state index in [1.54, 1.807) is 0 Å². The van der Waals surface area contributed by atoms with Crippen LogP contribution in [-0.2, 0) is 16.6 Å². The van der Waals surface area contributed by atoms with E-state index in [2.05, 4.69) is 10.3 Å². The molecule has 0 aliphatic carbocycles. The summed E-state index contributed by atoms with van der Waals surface area (Å²) in [4.78, 5) is 17.2. The van der Waals surface area contributed by atoms with Crippen molar-refractivity contribution in [2.45, 2.75) is 18.4 Å². The molecule has 168 valence electrons. The van der Waals surface area contributed by atoms with E-state index < -0.39 is 10.0 Å². The van der Waals surface area contributed by atoms with Crippen molar-refractivity contribution < 1.29 is 13.2 Å². The third kappa shape index (κ3) is 5.36. The molecule has 1 heterocycles. The third-order valence-electron chi connectivity index (χ3n) is 5.14. The average Bonchev–Trinajstić information content (AvgIpc) is 3.28. The summed E-state index contributed by atoms with van der Waals surface area (Å²) in [6.45, 7) is 2.28. The summed E-state index contributed by atoms with van der Waals surface area (Å²) in [6.07, 6.45) is 0. The van der Waals surface area contributed by atoms with Crippen LogP contribution in [0.3, 0.4) is 0 Å². The normalized spacial score (nSPS) is 11.5. The Morgan fingerprint density at radius 1 is 0.970 bits per heavy atom. The summed E-state index contributed by atoms with van der Waals surface area (Å²) in [7, 11) is -2.14. The van der Waals surface area contributed by atoms with Gasteiger partial charge in [-0.1, -0.05) is 60.2 Å². The van der Waals surface area contributed by atoms with Gasteiger partial charge in [-0.05, 0) is 36.8 Å². The minimum Gasteiger partial charge on any atom is -0.298 e. The van der Waals surface area contributed by atoms with Crippen molar-refractivity contribution in [3.63, 3.8) is 0 Å². The molecule has 1 N–H and O–H groups in total. The Hall–Kier alpha value is -3.33. The molecule has 6 nitrogen and oxygen atoms in total. The fourth-order valence-corrected chi connectivity index (χ4v) is 5.11. The maximum atomic E-state index is 12.9. The molecule has 0 aliphatic rings. The molecule has 1 amide bonds. The molecule has 3 aromatic carbocycles. The van der Waals surface area contributed by atoms with Crippen LogP contribution in [0.1, 0.15) is 21.5 Å². The number of benzene rings is 3. The first-order valence-corrected chi connectivity index (χ1v) is 12.6. The Kier molecular flexibility index (Phi) is 6.69. The standard InChI is InChI=1S/C25H23N3O3S2/c1-18-8-10-20(11-9-18)23-17-32-25(26-23)27-24(29)21-12-14-22(15-13-21)33(30,31)28(2)16-19-6-4-3-5-7-19/h3-15,17H,16H2,1-2H3,(H,26,27,29). The molecule has 0 spiro atoms. The molecule has 0 unspecified atom stereocenters. The Balaban J connectivity index is 1.43. The maximum Gasteiger partial charge on any atom is 0.257 e. The second kappa shape index (κ2) is 9.66. The molecule has 0 fully saturated rings. The fraction of sp³-hybridized carbons (Fsp3) is 0.120. The van der Waals surface area contributed by atoms with Gasteiger partial charge in [0, 0.05) is 30.1 Å². The number of anilines is 1. The monoisotopic (exact) mass is 477 g/mol. The summed E-state index contributed by atoms with van der Waals surface area (Å²) >= 11 is 1.34. The van der Waals surface area contributed by atoms with Gasteiger partial charge < -0.3 is 0 Å². The summed E-state index contributed by atoms with van der Waals surface area (Å²) < 4.78 is 27.1. The van der Waals surface area contributed by atoms with Crippen molar-refractivity contribution in [1.82, 2.24) is 9.29 Å². The fourth-order valence-electron chi connectivity index (χ4n) is 3.24. The molecule has 0 atom stereocenters. The zero-order valence-electron chi connectivity index (χ0n) is 18.2. The highest BCUT2D eigenvalue weighted by Gasteiger charge is 2.21. The van der Waals surface area contributed by atoms with Gasteiger partial charge in [0.15, 0.2) is 5.13 Å². The predicted molar refractivity (Wildman–Crippen MR) is 132 cm³/mol. The zero-order chi connectivity index (χ0) is 23.4. The second-order valence-corrected chi connectivity index (χ2v) is 10.5. The van der Waals surface area contributed by atoms with Gasteiger partial charge in [-0.2, -0.15) is 4.31 Å². The van der Waals surface area contributed by atoms with E-state index in [1.165, 1.54) is 52.5 Å². The summed E-state index contributed by atoms with van der Waals surface area (Å²) in [5.41, 5.74) is 4.18. The first-order valence-electron chi connectivity index (χ1n) is 10.3. The van der Waals surface area contributed by atoms with E-state index in [4.69, 9.17) is 0 Å². The van der Waals surface area contributed by atoms with Crippen LogP contribution in [0.25, 0.3) is 11.3 Å². The molecule has 0 saturated heterocycles. The van der Waals surface area contributed by atoms with Gasteiger partial charge >= 0.3 is 0 Å². The lowest BCUT2D eigenvalue weighted by molar-refractivity contribution is 0.102. The number of carbonyl (C=O) groups is 1. The number of hydrogen-bond donors (Lipinski definition) is 1. The van der Waals surface area contributed by atoms with Gasteiger partial charge in [-0.15, -0.1) is 11.3 Å². The van der Waals surface area contributed by atoms with Gasteiger partial charge in [-0.25, -0.2) is 13.4 Å². The largest absolute Gasteiger partial charge is 0.298 e. The van der Waals surface area contributed by atoms with Gasteiger partial charge in [0.2, 0.25) is 10.0 Å². The van der Waals surface area contributed by atoms with Crippen LogP contribution in [-0.4, -0.2) is 30.7 Å². The maximum absolute atomic E-state index is 12.9. The number of rotatable bonds is 7. The first kappa shape index (κ1) is 22.8. The second-order valence-electron chi connectivity index (χ2n) is 7.63. The van der Waals surface area contributed by atoms with E-state index in [0.717, 1.165) is 16.8 Å². The molecule has 4 aromatic rings. The lowest BCUT2D eigenvalue weighted by Crippen LogP contribution is -2.26. The molecule has 0 aliphatic heterocycles. The smallest absolute Gasteiger partial charge is 0.257 e. The van der Waals surface area contributed by atoms with Gasteiger partial charge in [0.25, 0.3) is 5.91 Å². The van der Waals surface area contributed by atoms with Crippen molar-refractivity contribution in [2.24, 2.45) is 0 Å². The van der Waals surface area contributed by atoms with Crippen molar-refractivity contribution in [3.05, 3.63) is 101 Å². The van der Waals surface area contributed by atoms with Crippen LogP contribution >= 0.6 is 11.3 Å².